The molecule has 2 N–H and O–H groups in total. The number of aromatic amines is 1. The van der Waals surface area contributed by atoms with Crippen molar-refractivity contribution in [2.24, 2.45) is 0 Å². The molecule has 2 heterocycles. The van der Waals surface area contributed by atoms with Gasteiger partial charge in [0, 0.05) is 24.7 Å². The molecule has 152 valence electrons. The number of sulfonamides is 1. The third-order valence-electron chi connectivity index (χ3n) is 5.51. The fourth-order valence-electron chi connectivity index (χ4n) is 3.54. The summed E-state index contributed by atoms with van der Waals surface area (Å²) < 4.78 is 27.2. The molecule has 0 saturated heterocycles. The van der Waals surface area contributed by atoms with Crippen LogP contribution in [0.2, 0.25) is 0 Å². The van der Waals surface area contributed by atoms with Gasteiger partial charge >= 0.3 is 0 Å². The highest BCUT2D eigenvalue weighted by Gasteiger charge is 2.32. The van der Waals surface area contributed by atoms with Crippen molar-refractivity contribution < 1.29 is 13.2 Å². The summed E-state index contributed by atoms with van der Waals surface area (Å²) in [5, 5.41) is 7.18. The zero-order valence-corrected chi connectivity index (χ0v) is 17.1. The Kier molecular flexibility index (Phi) is 5.36. The van der Waals surface area contributed by atoms with Crippen LogP contribution in [0, 0.1) is 0 Å². The monoisotopic (exact) mass is 412 g/mol. The summed E-state index contributed by atoms with van der Waals surface area (Å²) in [7, 11) is -3.42. The van der Waals surface area contributed by atoms with Crippen molar-refractivity contribution >= 4 is 32.5 Å². The van der Waals surface area contributed by atoms with Crippen molar-refractivity contribution in [3.8, 4) is 0 Å². The van der Waals surface area contributed by atoms with Crippen LogP contribution < -0.4 is 4.72 Å². The van der Waals surface area contributed by atoms with E-state index in [0.717, 1.165) is 12.0 Å². The number of nitrogens with zero attached hydrogens (tertiary/aromatic N) is 2. The van der Waals surface area contributed by atoms with E-state index >= 15 is 0 Å². The van der Waals surface area contributed by atoms with Crippen LogP contribution in [0.3, 0.4) is 0 Å². The van der Waals surface area contributed by atoms with Crippen LogP contribution in [0.1, 0.15) is 49.8 Å². The van der Waals surface area contributed by atoms with Crippen LogP contribution in [0.25, 0.3) is 10.9 Å². The molecule has 29 heavy (non-hydrogen) atoms. The molecule has 0 amide bonds. The summed E-state index contributed by atoms with van der Waals surface area (Å²) in [6.07, 6.45) is 4.55. The van der Waals surface area contributed by atoms with E-state index in [4.69, 9.17) is 0 Å². The van der Waals surface area contributed by atoms with Gasteiger partial charge in [-0.3, -0.25) is 19.6 Å². The summed E-state index contributed by atoms with van der Waals surface area (Å²) in [4.78, 5) is 16.8. The maximum atomic E-state index is 12.5. The minimum absolute atomic E-state index is 0.110. The molecule has 0 aliphatic heterocycles. The molecule has 1 aliphatic carbocycles. The third kappa shape index (κ3) is 4.32. The number of fused-ring (bicyclic) bond motifs is 1. The van der Waals surface area contributed by atoms with Crippen molar-refractivity contribution in [1.82, 2.24) is 15.2 Å². The van der Waals surface area contributed by atoms with Gasteiger partial charge in [0.05, 0.1) is 16.2 Å². The maximum absolute atomic E-state index is 12.5. The van der Waals surface area contributed by atoms with E-state index in [1.165, 1.54) is 0 Å². The molecule has 7 nitrogen and oxygen atoms in total. The number of H-pyrrole nitrogens is 1. The van der Waals surface area contributed by atoms with Crippen LogP contribution in [0.4, 0.5) is 5.82 Å². The van der Waals surface area contributed by atoms with Crippen molar-refractivity contribution in [1.29, 1.82) is 0 Å². The summed E-state index contributed by atoms with van der Waals surface area (Å²) in [5.74, 6) is 0.515. The highest BCUT2D eigenvalue weighted by Crippen LogP contribution is 2.29. The second-order valence-corrected chi connectivity index (χ2v) is 9.69. The van der Waals surface area contributed by atoms with Crippen LogP contribution in [0.5, 0.6) is 0 Å². The summed E-state index contributed by atoms with van der Waals surface area (Å²) >= 11 is 0. The van der Waals surface area contributed by atoms with E-state index in [2.05, 4.69) is 19.9 Å². The number of ketones is 1. The molecule has 1 atom stereocenters. The topological polar surface area (TPSA) is 105 Å². The summed E-state index contributed by atoms with van der Waals surface area (Å²) in [5.41, 5.74) is 2.44. The van der Waals surface area contributed by atoms with Crippen molar-refractivity contribution in [3.05, 3.63) is 53.9 Å². The Morgan fingerprint density at radius 1 is 1.28 bits per heavy atom. The minimum Gasteiger partial charge on any atom is -0.299 e. The Labute approximate surface area is 170 Å². The predicted molar refractivity (Wildman–Crippen MR) is 112 cm³/mol. The molecule has 1 aromatic carbocycles. The first kappa shape index (κ1) is 19.6. The van der Waals surface area contributed by atoms with Crippen molar-refractivity contribution in [2.75, 3.05) is 4.72 Å². The van der Waals surface area contributed by atoms with Crippen LogP contribution in [0.15, 0.2) is 42.6 Å². The highest BCUT2D eigenvalue weighted by molar-refractivity contribution is 7.93. The molecule has 0 bridgehead atoms. The smallest absolute Gasteiger partial charge is 0.236 e. The fraction of sp³-hybridized carbons (Fsp3) is 0.381. The maximum Gasteiger partial charge on any atom is 0.236 e. The quantitative estimate of drug-likeness (QED) is 0.589. The van der Waals surface area contributed by atoms with Gasteiger partial charge in [-0.15, -0.1) is 0 Å². The number of carbonyl (C=O) groups excluding carboxylic acids is 1. The molecule has 0 radical (unpaired) electrons. The molecule has 0 unspecified atom stereocenters. The number of aromatic nitrogens is 3. The van der Waals surface area contributed by atoms with Crippen molar-refractivity contribution in [3.63, 3.8) is 0 Å². The molecule has 1 saturated carbocycles. The number of anilines is 1. The molecule has 3 aromatic rings. The van der Waals surface area contributed by atoms with Crippen LogP contribution in [-0.2, 0) is 21.2 Å². The molecular weight excluding hydrogens is 388 g/mol. The number of carbonyl (C=O) groups is 1. The Hall–Kier alpha value is -2.74. The number of Topliss-reactive ketones (excluding diaryl/α,β-unsaturated/α-hetero) is 1. The van der Waals surface area contributed by atoms with E-state index in [1.807, 2.05) is 37.3 Å². The van der Waals surface area contributed by atoms with Gasteiger partial charge in [-0.2, -0.15) is 5.10 Å². The number of hydrogen-bond donors (Lipinski definition) is 2. The lowest BCUT2D eigenvalue weighted by molar-refractivity contribution is -0.118. The van der Waals surface area contributed by atoms with Gasteiger partial charge in [-0.05, 0) is 30.4 Å². The third-order valence-corrected chi connectivity index (χ3v) is 7.34. The van der Waals surface area contributed by atoms with Crippen LogP contribution in [-0.4, -0.2) is 34.6 Å². The number of nitrogens with one attached hydrogen (secondary N) is 2. The zero-order valence-electron chi connectivity index (χ0n) is 16.3. The SMILES string of the molecule is C[C@@H](CC(=O)Cc1cc2[nH]nc(NS(=O)(=O)C3CCC3)c2cn1)c1ccccc1. The van der Waals surface area contributed by atoms with Gasteiger partial charge < -0.3 is 0 Å². The Balaban J connectivity index is 1.43. The lowest BCUT2D eigenvalue weighted by atomic mass is 9.94. The largest absolute Gasteiger partial charge is 0.299 e. The molecule has 1 fully saturated rings. The van der Waals surface area contributed by atoms with Gasteiger partial charge in [0.25, 0.3) is 0 Å². The van der Waals surface area contributed by atoms with Crippen LogP contribution >= 0.6 is 0 Å². The average molecular weight is 413 g/mol. The van der Waals surface area contributed by atoms with E-state index in [9.17, 15) is 13.2 Å². The average Bonchev–Trinajstić information content (AvgIpc) is 3.01. The van der Waals surface area contributed by atoms with Crippen molar-refractivity contribution in [2.45, 2.75) is 50.2 Å². The van der Waals surface area contributed by atoms with E-state index in [1.54, 1.807) is 12.3 Å². The predicted octanol–water partition coefficient (Wildman–Crippen LogP) is 3.56. The standard InChI is InChI=1S/C21H24N4O3S/c1-14(15-6-3-2-4-7-15)10-17(26)11-16-12-20-19(13-22-16)21(24-23-20)25-29(27,28)18-8-5-9-18/h2-4,6-7,12-14,18H,5,8-11H2,1H3,(H2,23,24,25)/t14-/m0/s1. The van der Waals surface area contributed by atoms with E-state index in [0.29, 0.717) is 35.9 Å². The number of pyridine rings is 1. The first-order valence-electron chi connectivity index (χ1n) is 9.83. The van der Waals surface area contributed by atoms with E-state index < -0.39 is 10.0 Å². The number of benzene rings is 1. The minimum atomic E-state index is -3.42. The molecule has 0 spiro atoms. The van der Waals surface area contributed by atoms with Gasteiger partial charge in [0.2, 0.25) is 10.0 Å². The number of hydrogen-bond acceptors (Lipinski definition) is 5. The first-order chi connectivity index (χ1) is 13.9. The normalized spacial score (nSPS) is 15.8. The van der Waals surface area contributed by atoms with Gasteiger partial charge in [0.1, 0.15) is 5.78 Å². The molecule has 1 aliphatic rings. The van der Waals surface area contributed by atoms with Gasteiger partial charge in [0.15, 0.2) is 5.82 Å². The number of rotatable bonds is 8. The Morgan fingerprint density at radius 3 is 2.72 bits per heavy atom. The Bertz CT molecular complexity index is 1120. The summed E-state index contributed by atoms with van der Waals surface area (Å²) in [6, 6.07) is 11.7. The lowest BCUT2D eigenvalue weighted by Gasteiger charge is -2.24. The second kappa shape index (κ2) is 7.94. The fourth-order valence-corrected chi connectivity index (χ4v) is 5.09. The second-order valence-electron chi connectivity index (χ2n) is 7.72. The van der Waals surface area contributed by atoms with Gasteiger partial charge in [-0.1, -0.05) is 43.7 Å². The van der Waals surface area contributed by atoms with Gasteiger partial charge in [-0.25, -0.2) is 8.42 Å². The molecule has 4 rings (SSSR count). The Morgan fingerprint density at radius 2 is 2.03 bits per heavy atom. The summed E-state index contributed by atoms with van der Waals surface area (Å²) in [6.45, 7) is 2.04. The molecule has 2 aromatic heterocycles. The van der Waals surface area contributed by atoms with E-state index in [-0.39, 0.29) is 29.2 Å². The first-order valence-corrected chi connectivity index (χ1v) is 11.4. The lowest BCUT2D eigenvalue weighted by Crippen LogP contribution is -2.33. The molecule has 8 heteroatoms. The molecular formula is C21H24N4O3S. The highest BCUT2D eigenvalue weighted by atomic mass is 32.2. The zero-order chi connectivity index (χ0) is 20.4.